The highest BCUT2D eigenvalue weighted by molar-refractivity contribution is 5.67. The number of amides is 2. The van der Waals surface area contributed by atoms with Crippen LogP contribution in [-0.4, -0.2) is 183 Å². The van der Waals surface area contributed by atoms with Gasteiger partial charge in [0.05, 0.1) is 145 Å². The van der Waals surface area contributed by atoms with Gasteiger partial charge in [-0.25, -0.2) is 9.59 Å². The van der Waals surface area contributed by atoms with Crippen LogP contribution in [0.3, 0.4) is 0 Å². The third-order valence-corrected chi connectivity index (χ3v) is 8.74. The first-order valence-electron chi connectivity index (χ1n) is 21.8. The van der Waals surface area contributed by atoms with Gasteiger partial charge in [0.25, 0.3) is 0 Å². The summed E-state index contributed by atoms with van der Waals surface area (Å²) in [7, 11) is 0. The number of allylic oxidation sites excluding steroid dienone is 4. The molecule has 344 valence electrons. The van der Waals surface area contributed by atoms with Gasteiger partial charge in [-0.1, -0.05) is 24.3 Å². The molecule has 17 heteroatoms. The van der Waals surface area contributed by atoms with Crippen molar-refractivity contribution in [2.75, 3.05) is 158 Å². The summed E-state index contributed by atoms with van der Waals surface area (Å²) in [6.07, 6.45) is 17.6. The van der Waals surface area contributed by atoms with E-state index in [0.717, 1.165) is 64.2 Å². The summed E-state index contributed by atoms with van der Waals surface area (Å²) in [5.41, 5.74) is 0. The molecule has 0 aromatic heterocycles. The van der Waals surface area contributed by atoms with E-state index >= 15 is 0 Å². The second-order valence-electron chi connectivity index (χ2n) is 13.6. The van der Waals surface area contributed by atoms with Crippen LogP contribution in [0.5, 0.6) is 0 Å². The lowest BCUT2D eigenvalue weighted by atomic mass is 10.0. The predicted octanol–water partition coefficient (Wildman–Crippen LogP) is 4.40. The quantitative estimate of drug-likeness (QED) is 0.0660. The van der Waals surface area contributed by atoms with Crippen LogP contribution >= 0.6 is 0 Å². The Hall–Kier alpha value is -2.42. The van der Waals surface area contributed by atoms with Crippen molar-refractivity contribution in [2.45, 2.75) is 76.4 Å². The highest BCUT2D eigenvalue weighted by atomic mass is 16.6. The van der Waals surface area contributed by atoms with Gasteiger partial charge in [0.2, 0.25) is 0 Å². The van der Waals surface area contributed by atoms with Crippen molar-refractivity contribution in [3.63, 3.8) is 0 Å². The van der Waals surface area contributed by atoms with Crippen molar-refractivity contribution in [1.29, 1.82) is 0 Å². The maximum absolute atomic E-state index is 11.9. The summed E-state index contributed by atoms with van der Waals surface area (Å²) in [6.45, 7) is 11.1. The largest absolute Gasteiger partial charge is 0.446 e. The van der Waals surface area contributed by atoms with Crippen LogP contribution in [0, 0.1) is 0 Å². The summed E-state index contributed by atoms with van der Waals surface area (Å²) >= 11 is 0. The lowest BCUT2D eigenvalue weighted by Crippen LogP contribution is -2.31. The van der Waals surface area contributed by atoms with E-state index in [4.69, 9.17) is 61.6 Å². The molecule has 0 aromatic rings. The first-order valence-corrected chi connectivity index (χ1v) is 21.8. The third-order valence-electron chi connectivity index (χ3n) is 8.74. The zero-order chi connectivity index (χ0) is 41.8. The van der Waals surface area contributed by atoms with Gasteiger partial charge < -0.3 is 72.2 Å². The fourth-order valence-corrected chi connectivity index (χ4v) is 5.62. The Bertz CT molecular complexity index is 933. The molecule has 0 aliphatic heterocycles. The molecule has 2 amide bonds. The number of hydrogen-bond acceptors (Lipinski definition) is 15. The van der Waals surface area contributed by atoms with E-state index in [1.807, 2.05) is 0 Å². The molecule has 0 saturated heterocycles. The normalized spacial score (nSPS) is 18.2. The lowest BCUT2D eigenvalue weighted by Gasteiger charge is -2.18. The minimum atomic E-state index is -0.380. The van der Waals surface area contributed by atoms with Gasteiger partial charge >= 0.3 is 12.2 Å². The molecule has 0 spiro atoms. The van der Waals surface area contributed by atoms with Crippen LogP contribution in [0.15, 0.2) is 24.3 Å². The molecule has 2 aliphatic carbocycles. The molecular formula is C42H76N2O15. The van der Waals surface area contributed by atoms with Gasteiger partial charge in [0, 0.05) is 13.1 Å². The standard InChI is InChI=1S/C42H76N2O15/c45-41(58-39-11-7-3-1-4-8-12-39)43-15-17-47-19-21-49-23-25-51-27-29-53-31-33-55-35-37-57-38-36-56-34-32-54-30-28-52-26-24-50-22-20-48-18-16-44-42(46)59-40-13-9-5-2-6-10-14-40/h1-3,5,39-40H,4,6-38H2,(H,43,45)(H,44,46)/b3-1-,5-2-. The maximum atomic E-state index is 11.9. The van der Waals surface area contributed by atoms with Gasteiger partial charge in [-0.3, -0.25) is 0 Å². The fraction of sp³-hybridized carbons (Fsp3) is 0.857. The van der Waals surface area contributed by atoms with E-state index in [9.17, 15) is 9.59 Å². The number of alkyl carbamates (subject to hydrolysis) is 2. The molecule has 2 aliphatic rings. The monoisotopic (exact) mass is 849 g/mol. The first-order chi connectivity index (χ1) is 29.2. The van der Waals surface area contributed by atoms with Crippen LogP contribution < -0.4 is 10.6 Å². The van der Waals surface area contributed by atoms with Gasteiger partial charge in [-0.2, -0.15) is 0 Å². The smallest absolute Gasteiger partial charge is 0.407 e. The second kappa shape index (κ2) is 42.3. The Kier molecular flexibility index (Phi) is 37.8. The topological polar surface area (TPSA) is 178 Å². The van der Waals surface area contributed by atoms with E-state index in [1.165, 1.54) is 0 Å². The molecule has 0 saturated carbocycles. The molecule has 2 atom stereocenters. The Morgan fingerprint density at radius 3 is 0.847 bits per heavy atom. The number of ether oxygens (including phenoxy) is 13. The highest BCUT2D eigenvalue weighted by Crippen LogP contribution is 2.16. The number of carbonyl (C=O) groups excluding carboxylic acids is 2. The van der Waals surface area contributed by atoms with Gasteiger partial charge in [-0.05, 0) is 64.2 Å². The molecule has 2 rings (SSSR count). The Morgan fingerprint density at radius 1 is 0.339 bits per heavy atom. The number of carbonyl (C=O) groups is 2. The zero-order valence-electron chi connectivity index (χ0n) is 35.6. The summed E-state index contributed by atoms with van der Waals surface area (Å²) in [6, 6.07) is 0. The minimum absolute atomic E-state index is 0.0118. The lowest BCUT2D eigenvalue weighted by molar-refractivity contribution is -0.0274. The Morgan fingerprint density at radius 2 is 0.576 bits per heavy atom. The average molecular weight is 849 g/mol. The van der Waals surface area contributed by atoms with E-state index in [1.54, 1.807) is 0 Å². The zero-order valence-corrected chi connectivity index (χ0v) is 35.6. The summed E-state index contributed by atoms with van der Waals surface area (Å²) in [5, 5.41) is 5.48. The van der Waals surface area contributed by atoms with E-state index in [-0.39, 0.29) is 24.4 Å². The Labute approximate surface area is 352 Å². The predicted molar refractivity (Wildman–Crippen MR) is 220 cm³/mol. The third kappa shape index (κ3) is 37.1. The van der Waals surface area contributed by atoms with Crippen molar-refractivity contribution in [3.05, 3.63) is 24.3 Å². The number of rotatable bonds is 38. The first kappa shape index (κ1) is 52.7. The van der Waals surface area contributed by atoms with E-state index in [0.29, 0.717) is 158 Å². The molecule has 0 heterocycles. The van der Waals surface area contributed by atoms with Gasteiger partial charge in [-0.15, -0.1) is 0 Å². The number of hydrogen-bond donors (Lipinski definition) is 2. The molecular weight excluding hydrogens is 772 g/mol. The summed E-state index contributed by atoms with van der Waals surface area (Å²) < 4.78 is 71.4. The SMILES string of the molecule is O=C(NCCOCCOCCOCCOCCOCCOCCOCCOCCOCCOCCOCCNC(=O)OC1CC/C=C\CCC1)OC1CC/C=C\CCC1. The average Bonchev–Trinajstić information content (AvgIpc) is 3.21. The molecule has 2 unspecified atom stereocenters. The van der Waals surface area contributed by atoms with Crippen LogP contribution in [0.2, 0.25) is 0 Å². The molecule has 59 heavy (non-hydrogen) atoms. The molecule has 0 radical (unpaired) electrons. The van der Waals surface area contributed by atoms with Crippen molar-refractivity contribution in [2.24, 2.45) is 0 Å². The maximum Gasteiger partial charge on any atom is 0.407 e. The van der Waals surface area contributed by atoms with Gasteiger partial charge in [0.1, 0.15) is 12.2 Å². The molecule has 0 fully saturated rings. The van der Waals surface area contributed by atoms with Gasteiger partial charge in [0.15, 0.2) is 0 Å². The van der Waals surface area contributed by atoms with Crippen molar-refractivity contribution >= 4 is 12.2 Å². The van der Waals surface area contributed by atoms with E-state index < -0.39 is 0 Å². The highest BCUT2D eigenvalue weighted by Gasteiger charge is 2.15. The minimum Gasteiger partial charge on any atom is -0.446 e. The van der Waals surface area contributed by atoms with E-state index in [2.05, 4.69) is 34.9 Å². The summed E-state index contributed by atoms with van der Waals surface area (Å²) in [5.74, 6) is 0. The second-order valence-corrected chi connectivity index (χ2v) is 13.6. The Balaban J connectivity index is 1.15. The van der Waals surface area contributed by atoms with Crippen LogP contribution in [-0.2, 0) is 61.6 Å². The fourth-order valence-electron chi connectivity index (χ4n) is 5.62. The van der Waals surface area contributed by atoms with Crippen molar-refractivity contribution in [1.82, 2.24) is 10.6 Å². The van der Waals surface area contributed by atoms with Crippen LogP contribution in [0.25, 0.3) is 0 Å². The molecule has 0 aromatic carbocycles. The summed E-state index contributed by atoms with van der Waals surface area (Å²) in [4.78, 5) is 23.9. The van der Waals surface area contributed by atoms with Crippen molar-refractivity contribution in [3.8, 4) is 0 Å². The molecule has 17 nitrogen and oxygen atoms in total. The van der Waals surface area contributed by atoms with Crippen LogP contribution in [0.1, 0.15) is 64.2 Å². The molecule has 0 bridgehead atoms. The van der Waals surface area contributed by atoms with Crippen molar-refractivity contribution < 1.29 is 71.2 Å². The number of nitrogens with one attached hydrogen (secondary N) is 2. The van der Waals surface area contributed by atoms with Crippen LogP contribution in [0.4, 0.5) is 9.59 Å². The molecule has 2 N–H and O–H groups in total.